The van der Waals surface area contributed by atoms with Gasteiger partial charge in [-0.05, 0) is 49.4 Å². The highest BCUT2D eigenvalue weighted by Crippen LogP contribution is 2.45. The number of aromatic nitrogens is 1. The van der Waals surface area contributed by atoms with Crippen molar-refractivity contribution in [3.05, 3.63) is 40.1 Å². The zero-order valence-electron chi connectivity index (χ0n) is 16.7. The summed E-state index contributed by atoms with van der Waals surface area (Å²) >= 11 is 1.33. The summed E-state index contributed by atoms with van der Waals surface area (Å²) in [4.78, 5) is 12.7. The zero-order chi connectivity index (χ0) is 23.5. The van der Waals surface area contributed by atoms with E-state index in [0.717, 1.165) is 43.6 Å². The number of benzene rings is 1. The Balaban J connectivity index is 0.000000360. The Labute approximate surface area is 185 Å². The molecule has 1 saturated carbocycles. The maximum atomic E-state index is 14.7. The van der Waals surface area contributed by atoms with E-state index < -0.39 is 27.8 Å². The summed E-state index contributed by atoms with van der Waals surface area (Å²) in [5, 5.41) is 15.5. The van der Waals surface area contributed by atoms with Gasteiger partial charge in [0.2, 0.25) is 0 Å². The molecule has 0 bridgehead atoms. The molecule has 13 heteroatoms. The largest absolute Gasteiger partial charge is 0.490 e. The second-order valence-corrected chi connectivity index (χ2v) is 10.2. The molecule has 0 unspecified atom stereocenters. The molecule has 32 heavy (non-hydrogen) atoms. The van der Waals surface area contributed by atoms with Gasteiger partial charge in [-0.25, -0.2) is 22.6 Å². The molecule has 1 aromatic carbocycles. The van der Waals surface area contributed by atoms with Gasteiger partial charge in [-0.2, -0.15) is 13.2 Å². The van der Waals surface area contributed by atoms with E-state index in [1.165, 1.54) is 17.4 Å². The molecule has 7 nitrogen and oxygen atoms in total. The predicted octanol–water partition coefficient (Wildman–Crippen LogP) is 3.54. The quantitative estimate of drug-likeness (QED) is 0.526. The molecule has 1 saturated heterocycles. The number of alkyl halides is 3. The summed E-state index contributed by atoms with van der Waals surface area (Å²) in [6.07, 6.45) is -2.06. The van der Waals surface area contributed by atoms with Crippen LogP contribution in [0, 0.1) is 5.82 Å². The molecule has 1 aromatic heterocycles. The Morgan fingerprint density at radius 3 is 2.47 bits per heavy atom. The Morgan fingerprint density at radius 2 is 1.97 bits per heavy atom. The van der Waals surface area contributed by atoms with Crippen LogP contribution >= 0.6 is 11.3 Å². The Bertz CT molecular complexity index is 1050. The third kappa shape index (κ3) is 6.39. The highest BCUT2D eigenvalue weighted by atomic mass is 32.2. The van der Waals surface area contributed by atoms with Gasteiger partial charge < -0.3 is 15.7 Å². The summed E-state index contributed by atoms with van der Waals surface area (Å²) in [7, 11) is -3.76. The SMILES string of the molecule is O=C(O)C(F)(F)F.O=S(=O)(Cc1cscn1)c1cc(C2CC2)c(N[C@H]2CCNC2)cc1F. The van der Waals surface area contributed by atoms with E-state index in [1.807, 2.05) is 0 Å². The Hall–Kier alpha value is -2.25. The van der Waals surface area contributed by atoms with Crippen molar-refractivity contribution in [1.29, 1.82) is 0 Å². The van der Waals surface area contributed by atoms with Crippen LogP contribution in [0.2, 0.25) is 0 Å². The maximum absolute atomic E-state index is 14.7. The number of halogens is 4. The molecule has 0 amide bonds. The summed E-state index contributed by atoms with van der Waals surface area (Å²) in [5.74, 6) is -3.39. The summed E-state index contributed by atoms with van der Waals surface area (Å²) in [5.41, 5.74) is 3.70. The maximum Gasteiger partial charge on any atom is 0.490 e. The van der Waals surface area contributed by atoms with E-state index in [9.17, 15) is 26.0 Å². The van der Waals surface area contributed by atoms with Crippen molar-refractivity contribution in [2.75, 3.05) is 18.4 Å². The van der Waals surface area contributed by atoms with E-state index in [2.05, 4.69) is 15.6 Å². The number of thiazole rings is 1. The molecule has 2 aromatic rings. The van der Waals surface area contributed by atoms with Crippen LogP contribution < -0.4 is 10.6 Å². The van der Waals surface area contributed by atoms with Gasteiger partial charge in [0.25, 0.3) is 0 Å². The summed E-state index contributed by atoms with van der Waals surface area (Å²) < 4.78 is 71.7. The molecule has 2 aliphatic rings. The molecule has 1 aliphatic heterocycles. The van der Waals surface area contributed by atoms with Gasteiger partial charge in [0.15, 0.2) is 9.84 Å². The molecular weight excluding hydrogens is 474 g/mol. The van der Waals surface area contributed by atoms with Crippen LogP contribution in [0.25, 0.3) is 0 Å². The van der Waals surface area contributed by atoms with Crippen LogP contribution in [0.3, 0.4) is 0 Å². The first-order chi connectivity index (χ1) is 15.0. The first-order valence-electron chi connectivity index (χ1n) is 9.68. The number of carboxylic acids is 1. The van der Waals surface area contributed by atoms with Gasteiger partial charge in [-0.1, -0.05) is 0 Å². The third-order valence-electron chi connectivity index (χ3n) is 4.94. The molecular formula is C19H21F4N3O4S2. The molecule has 3 N–H and O–H groups in total. The van der Waals surface area contributed by atoms with Gasteiger partial charge in [0.1, 0.15) is 10.7 Å². The number of carboxylic acid groups (broad SMARTS) is 1. The molecule has 176 valence electrons. The molecule has 1 atom stereocenters. The van der Waals surface area contributed by atoms with Gasteiger partial charge in [-0.15, -0.1) is 11.3 Å². The van der Waals surface area contributed by atoms with Gasteiger partial charge in [0.05, 0.1) is 17.0 Å². The van der Waals surface area contributed by atoms with Crippen molar-refractivity contribution in [3.8, 4) is 0 Å². The number of anilines is 1. The van der Waals surface area contributed by atoms with Crippen molar-refractivity contribution in [2.45, 2.75) is 48.0 Å². The van der Waals surface area contributed by atoms with E-state index in [-0.39, 0.29) is 16.7 Å². The lowest BCUT2D eigenvalue weighted by molar-refractivity contribution is -0.192. The second kappa shape index (κ2) is 9.71. The number of hydrogen-bond donors (Lipinski definition) is 3. The molecule has 0 radical (unpaired) electrons. The topological polar surface area (TPSA) is 108 Å². The normalized spacial score (nSPS) is 18.7. The predicted molar refractivity (Wildman–Crippen MR) is 110 cm³/mol. The van der Waals surface area contributed by atoms with E-state index in [0.29, 0.717) is 11.6 Å². The number of aliphatic carboxylic acids is 1. The lowest BCUT2D eigenvalue weighted by Crippen LogP contribution is -2.23. The minimum atomic E-state index is -5.08. The fourth-order valence-corrected chi connectivity index (χ4v) is 5.27. The third-order valence-corrected chi connectivity index (χ3v) is 7.23. The van der Waals surface area contributed by atoms with E-state index in [4.69, 9.17) is 9.90 Å². The smallest absolute Gasteiger partial charge is 0.475 e. The number of hydrogen-bond acceptors (Lipinski definition) is 7. The molecule has 4 rings (SSSR count). The van der Waals surface area contributed by atoms with Crippen molar-refractivity contribution in [1.82, 2.24) is 10.3 Å². The highest BCUT2D eigenvalue weighted by Gasteiger charge is 2.38. The van der Waals surface area contributed by atoms with Crippen molar-refractivity contribution in [2.24, 2.45) is 0 Å². The van der Waals surface area contributed by atoms with E-state index >= 15 is 0 Å². The summed E-state index contributed by atoms with van der Waals surface area (Å²) in [6, 6.07) is 3.16. The fraction of sp³-hybridized carbons (Fsp3) is 0.474. The van der Waals surface area contributed by atoms with Crippen LogP contribution in [0.1, 0.15) is 36.4 Å². The molecule has 0 spiro atoms. The number of nitrogens with zero attached hydrogens (tertiary/aromatic N) is 1. The number of carbonyl (C=O) groups is 1. The van der Waals surface area contributed by atoms with Crippen LogP contribution in [-0.4, -0.2) is 49.8 Å². The highest BCUT2D eigenvalue weighted by molar-refractivity contribution is 7.90. The van der Waals surface area contributed by atoms with Crippen LogP contribution in [0.15, 0.2) is 27.9 Å². The van der Waals surface area contributed by atoms with Crippen molar-refractivity contribution >= 4 is 32.8 Å². The number of nitrogens with one attached hydrogen (secondary N) is 2. The lowest BCUT2D eigenvalue weighted by Gasteiger charge is -2.18. The average molecular weight is 496 g/mol. The standard InChI is InChI=1S/C17H20FN3O2S2.C2HF3O2/c18-15-6-16(21-12-3-4-19-7-12)14(11-1-2-11)5-17(15)25(22,23)9-13-8-24-10-20-13;3-2(4,5)1(6)7/h5-6,8,10-12,19,21H,1-4,7,9H2;(H,6,7)/t12-;/m0./s1. The van der Waals surface area contributed by atoms with Gasteiger partial charge in [-0.3, -0.25) is 0 Å². The van der Waals surface area contributed by atoms with Crippen LogP contribution in [-0.2, 0) is 20.4 Å². The van der Waals surface area contributed by atoms with E-state index in [1.54, 1.807) is 17.0 Å². The van der Waals surface area contributed by atoms with Crippen molar-refractivity contribution < 1.29 is 35.9 Å². The first-order valence-corrected chi connectivity index (χ1v) is 12.3. The first kappa shape index (κ1) is 24.4. The van der Waals surface area contributed by atoms with Gasteiger partial charge >= 0.3 is 12.1 Å². The fourth-order valence-electron chi connectivity index (χ4n) is 3.24. The molecule has 2 heterocycles. The van der Waals surface area contributed by atoms with Crippen molar-refractivity contribution in [3.63, 3.8) is 0 Å². The zero-order valence-corrected chi connectivity index (χ0v) is 18.3. The number of rotatable bonds is 6. The second-order valence-electron chi connectivity index (χ2n) is 7.52. The average Bonchev–Trinajstić information content (AvgIpc) is 3.16. The summed E-state index contributed by atoms with van der Waals surface area (Å²) in [6.45, 7) is 1.79. The minimum Gasteiger partial charge on any atom is -0.475 e. The monoisotopic (exact) mass is 495 g/mol. The van der Waals surface area contributed by atoms with Crippen LogP contribution in [0.4, 0.5) is 23.2 Å². The minimum absolute atomic E-state index is 0.211. The lowest BCUT2D eigenvalue weighted by atomic mass is 10.1. The molecule has 1 aliphatic carbocycles. The molecule has 2 fully saturated rings. The van der Waals surface area contributed by atoms with Crippen LogP contribution in [0.5, 0.6) is 0 Å². The Kier molecular flexibility index (Phi) is 7.40. The number of sulfone groups is 1. The van der Waals surface area contributed by atoms with Gasteiger partial charge in [0, 0.05) is 23.7 Å². The Morgan fingerprint density at radius 1 is 1.28 bits per heavy atom.